The van der Waals surface area contributed by atoms with Gasteiger partial charge < -0.3 is 5.11 Å². The number of hydrogen-bond acceptors (Lipinski definition) is 4. The van der Waals surface area contributed by atoms with Crippen molar-refractivity contribution in [2.75, 3.05) is 4.90 Å². The molecule has 2 aromatic carbocycles. The molecule has 3 aromatic rings. The highest BCUT2D eigenvalue weighted by atomic mass is 35.5. The van der Waals surface area contributed by atoms with Crippen molar-refractivity contribution >= 4 is 46.1 Å². The highest BCUT2D eigenvalue weighted by Gasteiger charge is 2.47. The Morgan fingerprint density at radius 2 is 1.80 bits per heavy atom. The molecular formula is C24H20ClNO3S. The van der Waals surface area contributed by atoms with E-state index in [-0.39, 0.29) is 11.3 Å². The van der Waals surface area contributed by atoms with E-state index in [1.807, 2.05) is 56.5 Å². The molecule has 0 saturated carbocycles. The maximum Gasteiger partial charge on any atom is 0.300 e. The van der Waals surface area contributed by atoms with Crippen molar-refractivity contribution < 1.29 is 14.7 Å². The van der Waals surface area contributed by atoms with Gasteiger partial charge in [0.2, 0.25) is 0 Å². The molecule has 152 valence electrons. The van der Waals surface area contributed by atoms with Crippen LogP contribution in [0.3, 0.4) is 0 Å². The zero-order valence-electron chi connectivity index (χ0n) is 16.8. The number of aliphatic hydroxyl groups is 1. The largest absolute Gasteiger partial charge is 0.507 e. The molecule has 1 saturated heterocycles. The van der Waals surface area contributed by atoms with Crippen molar-refractivity contribution in [3.63, 3.8) is 0 Å². The van der Waals surface area contributed by atoms with Crippen molar-refractivity contribution in [1.82, 2.24) is 0 Å². The minimum atomic E-state index is -0.704. The number of benzene rings is 2. The van der Waals surface area contributed by atoms with Gasteiger partial charge in [-0.2, -0.15) is 0 Å². The van der Waals surface area contributed by atoms with Gasteiger partial charge in [0, 0.05) is 21.2 Å². The number of thiophene rings is 1. The number of aliphatic hydroxyl groups excluding tert-OH is 1. The first-order valence-electron chi connectivity index (χ1n) is 9.47. The van der Waals surface area contributed by atoms with Crippen molar-refractivity contribution in [3.8, 4) is 0 Å². The molecule has 1 aromatic heterocycles. The number of aryl methyl sites for hydroxylation is 3. The molecule has 1 aliphatic heterocycles. The molecule has 30 heavy (non-hydrogen) atoms. The SMILES string of the molecule is Cc1ccc(C)c(/C(O)=C2/C(=O)C(=O)N(c3ccc(Cl)cc3C)C2c2cccs2)c1. The van der Waals surface area contributed by atoms with E-state index in [9.17, 15) is 14.7 Å². The molecule has 2 heterocycles. The molecule has 4 rings (SSSR count). The number of amides is 1. The second kappa shape index (κ2) is 7.74. The third-order valence-corrected chi connectivity index (χ3v) is 6.48. The minimum Gasteiger partial charge on any atom is -0.507 e. The molecule has 4 nitrogen and oxygen atoms in total. The first-order valence-corrected chi connectivity index (χ1v) is 10.7. The first kappa shape index (κ1) is 20.4. The number of carbonyl (C=O) groups excluding carboxylic acids is 2. The summed E-state index contributed by atoms with van der Waals surface area (Å²) in [5.41, 5.74) is 3.82. The van der Waals surface area contributed by atoms with Crippen molar-refractivity contribution in [2.24, 2.45) is 0 Å². The van der Waals surface area contributed by atoms with Crippen LogP contribution in [0.25, 0.3) is 5.76 Å². The van der Waals surface area contributed by atoms with Gasteiger partial charge in [-0.3, -0.25) is 14.5 Å². The van der Waals surface area contributed by atoms with E-state index in [0.717, 1.165) is 21.6 Å². The average Bonchev–Trinajstić information content (AvgIpc) is 3.31. The summed E-state index contributed by atoms with van der Waals surface area (Å²) in [6.07, 6.45) is 0. The van der Waals surface area contributed by atoms with Gasteiger partial charge in [0.05, 0.1) is 5.57 Å². The summed E-state index contributed by atoms with van der Waals surface area (Å²) in [6, 6.07) is 13.9. The first-order chi connectivity index (χ1) is 14.3. The second-order valence-electron chi connectivity index (χ2n) is 7.43. The topological polar surface area (TPSA) is 57.6 Å². The summed E-state index contributed by atoms with van der Waals surface area (Å²) in [7, 11) is 0. The van der Waals surface area contributed by atoms with E-state index in [1.165, 1.54) is 16.2 Å². The summed E-state index contributed by atoms with van der Waals surface area (Å²) in [5, 5.41) is 13.7. The molecule has 0 bridgehead atoms. The van der Waals surface area contributed by atoms with Crippen molar-refractivity contribution in [3.05, 3.63) is 91.6 Å². The lowest BCUT2D eigenvalue weighted by atomic mass is 9.96. The Hall–Kier alpha value is -2.89. The standard InChI is InChI=1S/C24H20ClNO3S/c1-13-6-7-14(2)17(11-13)22(27)20-21(19-5-4-10-30-19)26(24(29)23(20)28)18-9-8-16(25)12-15(18)3/h4-12,21,27H,1-3H3/b22-20-. The molecule has 1 aliphatic rings. The van der Waals surface area contributed by atoms with Crippen LogP contribution in [-0.4, -0.2) is 16.8 Å². The van der Waals surface area contributed by atoms with Crippen LogP contribution in [0.2, 0.25) is 5.02 Å². The van der Waals surface area contributed by atoms with E-state index >= 15 is 0 Å². The lowest BCUT2D eigenvalue weighted by molar-refractivity contribution is -0.132. The van der Waals surface area contributed by atoms with E-state index in [2.05, 4.69) is 0 Å². The predicted octanol–water partition coefficient (Wildman–Crippen LogP) is 5.95. The van der Waals surface area contributed by atoms with E-state index in [1.54, 1.807) is 18.2 Å². The number of hydrogen-bond donors (Lipinski definition) is 1. The Morgan fingerprint density at radius 3 is 2.47 bits per heavy atom. The van der Waals surface area contributed by atoms with Gasteiger partial charge in [-0.25, -0.2) is 0 Å². The zero-order chi connectivity index (χ0) is 21.6. The van der Waals surface area contributed by atoms with Crippen LogP contribution in [0.1, 0.15) is 33.2 Å². The predicted molar refractivity (Wildman–Crippen MR) is 121 cm³/mol. The van der Waals surface area contributed by atoms with E-state index < -0.39 is 17.7 Å². The fourth-order valence-electron chi connectivity index (χ4n) is 3.82. The van der Waals surface area contributed by atoms with Crippen LogP contribution in [0, 0.1) is 20.8 Å². The Labute approximate surface area is 184 Å². The second-order valence-corrected chi connectivity index (χ2v) is 8.85. The molecule has 6 heteroatoms. The number of nitrogens with zero attached hydrogens (tertiary/aromatic N) is 1. The van der Waals surface area contributed by atoms with Crippen LogP contribution in [-0.2, 0) is 9.59 Å². The molecule has 1 atom stereocenters. The van der Waals surface area contributed by atoms with Crippen molar-refractivity contribution in [1.29, 1.82) is 0 Å². The molecule has 1 unspecified atom stereocenters. The molecule has 1 fully saturated rings. The molecule has 0 aliphatic carbocycles. The highest BCUT2D eigenvalue weighted by molar-refractivity contribution is 7.10. The fraction of sp³-hybridized carbons (Fsp3) is 0.167. The van der Waals surface area contributed by atoms with Gasteiger partial charge in [0.15, 0.2) is 0 Å². The number of rotatable bonds is 3. The molecule has 1 N–H and O–H groups in total. The number of Topliss-reactive ketones (excluding diaryl/α,β-unsaturated/α-hetero) is 1. The molecule has 1 amide bonds. The van der Waals surface area contributed by atoms with Crippen LogP contribution in [0.4, 0.5) is 5.69 Å². The summed E-state index contributed by atoms with van der Waals surface area (Å²) in [4.78, 5) is 28.6. The smallest absolute Gasteiger partial charge is 0.300 e. The van der Waals surface area contributed by atoms with Crippen LogP contribution in [0.15, 0.2) is 59.5 Å². The Bertz CT molecular complexity index is 1200. The number of anilines is 1. The maximum absolute atomic E-state index is 13.2. The fourth-order valence-corrected chi connectivity index (χ4v) is 4.87. The van der Waals surface area contributed by atoms with Gasteiger partial charge >= 0.3 is 0 Å². The summed E-state index contributed by atoms with van der Waals surface area (Å²) < 4.78 is 0. The van der Waals surface area contributed by atoms with E-state index in [4.69, 9.17) is 11.6 Å². The van der Waals surface area contributed by atoms with Gasteiger partial charge in [0.25, 0.3) is 11.7 Å². The van der Waals surface area contributed by atoms with Gasteiger partial charge in [-0.05, 0) is 67.6 Å². The van der Waals surface area contributed by atoms with E-state index in [0.29, 0.717) is 16.3 Å². The third-order valence-electron chi connectivity index (χ3n) is 5.32. The zero-order valence-corrected chi connectivity index (χ0v) is 18.3. The number of halogens is 1. The molecular weight excluding hydrogens is 418 g/mol. The van der Waals surface area contributed by atoms with Crippen LogP contribution >= 0.6 is 22.9 Å². The van der Waals surface area contributed by atoms with Gasteiger partial charge in [-0.1, -0.05) is 35.4 Å². The highest BCUT2D eigenvalue weighted by Crippen LogP contribution is 2.45. The lowest BCUT2D eigenvalue weighted by Gasteiger charge is -2.26. The monoisotopic (exact) mass is 437 g/mol. The van der Waals surface area contributed by atoms with Crippen LogP contribution in [0.5, 0.6) is 0 Å². The van der Waals surface area contributed by atoms with Crippen LogP contribution < -0.4 is 4.90 Å². The number of carbonyl (C=O) groups is 2. The normalized spacial score (nSPS) is 18.3. The Kier molecular flexibility index (Phi) is 5.26. The number of ketones is 1. The summed E-state index contributed by atoms with van der Waals surface area (Å²) >= 11 is 7.54. The minimum absolute atomic E-state index is 0.102. The van der Waals surface area contributed by atoms with Crippen molar-refractivity contribution in [2.45, 2.75) is 26.8 Å². The molecule has 0 spiro atoms. The quantitative estimate of drug-likeness (QED) is 0.313. The average molecular weight is 438 g/mol. The maximum atomic E-state index is 13.2. The summed E-state index contributed by atoms with van der Waals surface area (Å²) in [6.45, 7) is 5.63. The Morgan fingerprint density at radius 1 is 1.03 bits per heavy atom. The van der Waals surface area contributed by atoms with Gasteiger partial charge in [-0.15, -0.1) is 11.3 Å². The summed E-state index contributed by atoms with van der Waals surface area (Å²) in [5.74, 6) is -1.51. The van der Waals surface area contributed by atoms with Gasteiger partial charge in [0.1, 0.15) is 11.8 Å². The Balaban J connectivity index is 1.98. The molecule has 0 radical (unpaired) electrons. The third kappa shape index (κ3) is 3.34. The lowest BCUT2D eigenvalue weighted by Crippen LogP contribution is -2.29.